The summed E-state index contributed by atoms with van der Waals surface area (Å²) in [6.45, 7) is 3.41. The lowest BCUT2D eigenvalue weighted by molar-refractivity contribution is 0.215. The molecule has 0 saturated carbocycles. The Hall–Kier alpha value is -1.53. The van der Waals surface area contributed by atoms with Crippen LogP contribution in [0.1, 0.15) is 24.8 Å². The van der Waals surface area contributed by atoms with E-state index in [2.05, 4.69) is 23.3 Å². The van der Waals surface area contributed by atoms with Gasteiger partial charge in [0.25, 0.3) is 0 Å². The number of benzene rings is 1. The summed E-state index contributed by atoms with van der Waals surface area (Å²) in [7, 11) is 2.19. The summed E-state index contributed by atoms with van der Waals surface area (Å²) in [5, 5.41) is 12.4. The number of hydrogen-bond acceptors (Lipinski definition) is 3. The van der Waals surface area contributed by atoms with Gasteiger partial charge in [-0.1, -0.05) is 12.1 Å². The second kappa shape index (κ2) is 6.42. The highest BCUT2D eigenvalue weighted by Crippen LogP contribution is 2.20. The molecule has 0 spiro atoms. The number of nitrogens with zero attached hydrogens (tertiary/aromatic N) is 2. The molecule has 2 rings (SSSR count). The summed E-state index contributed by atoms with van der Waals surface area (Å²) in [4.78, 5) is 2.40. The van der Waals surface area contributed by atoms with Crippen LogP contribution in [0, 0.1) is 17.2 Å². The summed E-state index contributed by atoms with van der Waals surface area (Å²) in [5.41, 5.74) is 1.70. The fraction of sp³-hybridized carbons (Fsp3) is 0.533. The highest BCUT2D eigenvalue weighted by atomic mass is 15.1. The molecule has 1 aromatic rings. The van der Waals surface area contributed by atoms with Gasteiger partial charge in [-0.25, -0.2) is 0 Å². The molecule has 0 unspecified atom stereocenters. The second-order valence-electron chi connectivity index (χ2n) is 5.12. The first-order chi connectivity index (χ1) is 8.79. The van der Waals surface area contributed by atoms with E-state index in [9.17, 15) is 0 Å². The lowest BCUT2D eigenvalue weighted by Gasteiger charge is -2.29. The number of likely N-dealkylation sites (tertiary alicyclic amines) is 1. The molecule has 96 valence electrons. The van der Waals surface area contributed by atoms with Gasteiger partial charge in [0.15, 0.2) is 0 Å². The average Bonchev–Trinajstić information content (AvgIpc) is 2.41. The Morgan fingerprint density at radius 1 is 1.33 bits per heavy atom. The van der Waals surface area contributed by atoms with Crippen LogP contribution in [0.3, 0.4) is 0 Å². The minimum Gasteiger partial charge on any atom is -0.384 e. The molecule has 0 bridgehead atoms. The largest absolute Gasteiger partial charge is 0.384 e. The van der Waals surface area contributed by atoms with Crippen LogP contribution in [0.4, 0.5) is 5.69 Å². The Labute approximate surface area is 109 Å². The van der Waals surface area contributed by atoms with Gasteiger partial charge in [0.05, 0.1) is 11.3 Å². The maximum Gasteiger partial charge on any atom is 0.101 e. The molecule has 0 radical (unpaired) electrons. The van der Waals surface area contributed by atoms with E-state index < -0.39 is 0 Å². The van der Waals surface area contributed by atoms with Gasteiger partial charge in [-0.3, -0.25) is 0 Å². The van der Waals surface area contributed by atoms with Gasteiger partial charge in [0, 0.05) is 6.54 Å². The van der Waals surface area contributed by atoms with Crippen molar-refractivity contribution < 1.29 is 0 Å². The van der Waals surface area contributed by atoms with Gasteiger partial charge in [0.1, 0.15) is 6.07 Å². The second-order valence-corrected chi connectivity index (χ2v) is 5.12. The van der Waals surface area contributed by atoms with Crippen LogP contribution in [-0.2, 0) is 0 Å². The number of para-hydroxylation sites is 1. The SMILES string of the molecule is CN1CCC(CCNc2ccccc2C#N)CC1. The smallest absolute Gasteiger partial charge is 0.101 e. The average molecular weight is 243 g/mol. The first-order valence-corrected chi connectivity index (χ1v) is 6.71. The lowest BCUT2D eigenvalue weighted by atomic mass is 9.94. The Morgan fingerprint density at radius 3 is 2.78 bits per heavy atom. The Kier molecular flexibility index (Phi) is 4.60. The van der Waals surface area contributed by atoms with E-state index in [0.29, 0.717) is 0 Å². The molecule has 1 saturated heterocycles. The monoisotopic (exact) mass is 243 g/mol. The zero-order valence-corrected chi connectivity index (χ0v) is 11.0. The third kappa shape index (κ3) is 3.48. The number of anilines is 1. The summed E-state index contributed by atoms with van der Waals surface area (Å²) in [6, 6.07) is 9.93. The van der Waals surface area contributed by atoms with Crippen molar-refractivity contribution in [3.05, 3.63) is 29.8 Å². The number of rotatable bonds is 4. The van der Waals surface area contributed by atoms with Crippen molar-refractivity contribution in [2.24, 2.45) is 5.92 Å². The highest BCUT2D eigenvalue weighted by Gasteiger charge is 2.15. The van der Waals surface area contributed by atoms with E-state index in [4.69, 9.17) is 5.26 Å². The molecular weight excluding hydrogens is 222 g/mol. The van der Waals surface area contributed by atoms with Crippen molar-refractivity contribution in [3.63, 3.8) is 0 Å². The van der Waals surface area contributed by atoms with Crippen LogP contribution in [-0.4, -0.2) is 31.6 Å². The summed E-state index contributed by atoms with van der Waals surface area (Å²) in [5.74, 6) is 0.836. The van der Waals surface area contributed by atoms with Gasteiger partial charge in [0.2, 0.25) is 0 Å². The van der Waals surface area contributed by atoms with Gasteiger partial charge in [-0.05, 0) is 57.5 Å². The quantitative estimate of drug-likeness (QED) is 0.883. The normalized spacial score (nSPS) is 17.3. The van der Waals surface area contributed by atoms with Gasteiger partial charge < -0.3 is 10.2 Å². The molecule has 1 fully saturated rings. The van der Waals surface area contributed by atoms with E-state index in [1.54, 1.807) is 0 Å². The van der Waals surface area contributed by atoms with Crippen molar-refractivity contribution >= 4 is 5.69 Å². The molecule has 1 aliphatic rings. The van der Waals surface area contributed by atoms with Crippen LogP contribution in [0.5, 0.6) is 0 Å². The molecule has 1 N–H and O–H groups in total. The van der Waals surface area contributed by atoms with E-state index >= 15 is 0 Å². The third-order valence-electron chi connectivity index (χ3n) is 3.75. The predicted octanol–water partition coefficient (Wildman–Crippen LogP) is 2.70. The highest BCUT2D eigenvalue weighted by molar-refractivity contribution is 5.56. The predicted molar refractivity (Wildman–Crippen MR) is 74.5 cm³/mol. The van der Waals surface area contributed by atoms with Gasteiger partial charge in [-0.2, -0.15) is 5.26 Å². The molecule has 0 atom stereocenters. The van der Waals surface area contributed by atoms with Crippen molar-refractivity contribution in [3.8, 4) is 6.07 Å². The van der Waals surface area contributed by atoms with E-state index in [1.165, 1.54) is 32.4 Å². The van der Waals surface area contributed by atoms with Crippen molar-refractivity contribution in [2.45, 2.75) is 19.3 Å². The van der Waals surface area contributed by atoms with Crippen LogP contribution in [0.2, 0.25) is 0 Å². The number of hydrogen-bond donors (Lipinski definition) is 1. The molecule has 0 aromatic heterocycles. The van der Waals surface area contributed by atoms with Crippen LogP contribution < -0.4 is 5.32 Å². The molecule has 3 heteroatoms. The van der Waals surface area contributed by atoms with Crippen LogP contribution >= 0.6 is 0 Å². The molecule has 0 amide bonds. The molecule has 0 aliphatic carbocycles. The van der Waals surface area contributed by atoms with Crippen molar-refractivity contribution in [2.75, 3.05) is 32.0 Å². The first kappa shape index (κ1) is 12.9. The summed E-state index contributed by atoms with van der Waals surface area (Å²) < 4.78 is 0. The minimum absolute atomic E-state index is 0.737. The molecule has 18 heavy (non-hydrogen) atoms. The minimum atomic E-state index is 0.737. The Morgan fingerprint density at radius 2 is 2.06 bits per heavy atom. The standard InChI is InChI=1S/C15H21N3/c1-18-10-7-13(8-11-18)6-9-17-15-5-3-2-4-14(15)12-16/h2-5,13,17H,6-11H2,1H3. The molecule has 1 heterocycles. The molecule has 3 nitrogen and oxygen atoms in total. The first-order valence-electron chi connectivity index (χ1n) is 6.71. The third-order valence-corrected chi connectivity index (χ3v) is 3.75. The van der Waals surface area contributed by atoms with Gasteiger partial charge in [-0.15, -0.1) is 0 Å². The number of nitrogens with one attached hydrogen (secondary N) is 1. The fourth-order valence-electron chi connectivity index (χ4n) is 2.50. The summed E-state index contributed by atoms with van der Waals surface area (Å²) >= 11 is 0. The molecular formula is C15H21N3. The maximum absolute atomic E-state index is 9.00. The van der Waals surface area contributed by atoms with Crippen LogP contribution in [0.25, 0.3) is 0 Å². The summed E-state index contributed by atoms with van der Waals surface area (Å²) in [6.07, 6.45) is 3.81. The van der Waals surface area contributed by atoms with Crippen molar-refractivity contribution in [1.82, 2.24) is 4.90 Å². The van der Waals surface area contributed by atoms with Gasteiger partial charge >= 0.3 is 0 Å². The maximum atomic E-state index is 9.00. The Bertz CT molecular complexity index is 414. The molecule has 1 aromatic carbocycles. The zero-order valence-electron chi connectivity index (χ0n) is 11.0. The number of piperidine rings is 1. The fourth-order valence-corrected chi connectivity index (χ4v) is 2.50. The molecule has 1 aliphatic heterocycles. The van der Waals surface area contributed by atoms with E-state index in [0.717, 1.165) is 23.7 Å². The Balaban J connectivity index is 1.77. The number of nitriles is 1. The van der Waals surface area contributed by atoms with E-state index in [-0.39, 0.29) is 0 Å². The zero-order chi connectivity index (χ0) is 12.8. The van der Waals surface area contributed by atoms with Crippen LogP contribution in [0.15, 0.2) is 24.3 Å². The van der Waals surface area contributed by atoms with Crippen molar-refractivity contribution in [1.29, 1.82) is 5.26 Å². The van der Waals surface area contributed by atoms with E-state index in [1.807, 2.05) is 24.3 Å². The lowest BCUT2D eigenvalue weighted by Crippen LogP contribution is -2.30. The topological polar surface area (TPSA) is 39.1 Å².